The lowest BCUT2D eigenvalue weighted by Crippen LogP contribution is -2.48. The number of carbonyl (C=O) groups excluding carboxylic acids is 2. The number of para-hydroxylation sites is 1. The van der Waals surface area contributed by atoms with Gasteiger partial charge in [0.1, 0.15) is 0 Å². The highest BCUT2D eigenvalue weighted by atomic mass is 16.4. The Hall–Kier alpha value is -2.17. The predicted octanol–water partition coefficient (Wildman–Crippen LogP) is 2.89. The Morgan fingerprint density at radius 2 is 1.82 bits per heavy atom. The highest BCUT2D eigenvalue weighted by Crippen LogP contribution is 2.31. The van der Waals surface area contributed by atoms with Crippen molar-refractivity contribution in [3.05, 3.63) is 29.8 Å². The summed E-state index contributed by atoms with van der Waals surface area (Å²) < 4.78 is 0. The number of unbranched alkanes of at least 4 members (excludes halogenated alkanes) is 4. The van der Waals surface area contributed by atoms with Gasteiger partial charge in [-0.2, -0.15) is 0 Å². The third kappa shape index (κ3) is 3.18. The van der Waals surface area contributed by atoms with Crippen LogP contribution in [-0.2, 0) is 9.59 Å². The number of carbonyl (C=O) groups is 3. The van der Waals surface area contributed by atoms with Crippen molar-refractivity contribution in [1.29, 1.82) is 0 Å². The van der Waals surface area contributed by atoms with Crippen LogP contribution in [0.25, 0.3) is 0 Å². The van der Waals surface area contributed by atoms with Gasteiger partial charge in [-0.05, 0) is 18.6 Å². The molecule has 5 nitrogen and oxygen atoms in total. The molecule has 1 unspecified atom stereocenters. The van der Waals surface area contributed by atoms with Gasteiger partial charge in [0.05, 0.1) is 5.69 Å². The van der Waals surface area contributed by atoms with E-state index in [9.17, 15) is 19.5 Å². The molecular weight excluding hydrogens is 282 g/mol. The van der Waals surface area contributed by atoms with Crippen molar-refractivity contribution in [2.24, 2.45) is 5.92 Å². The van der Waals surface area contributed by atoms with Gasteiger partial charge in [0.15, 0.2) is 11.7 Å². The average molecular weight is 303 g/mol. The van der Waals surface area contributed by atoms with Crippen LogP contribution in [0.3, 0.4) is 0 Å². The maximum Gasteiger partial charge on any atom is 0.324 e. The van der Waals surface area contributed by atoms with Crippen LogP contribution in [0.2, 0.25) is 0 Å². The second-order valence-corrected chi connectivity index (χ2v) is 5.56. The summed E-state index contributed by atoms with van der Waals surface area (Å²) in [5.41, 5.74) is 0.855. The van der Waals surface area contributed by atoms with Gasteiger partial charge in [0.2, 0.25) is 5.91 Å². The molecule has 0 radical (unpaired) electrons. The smallest absolute Gasteiger partial charge is 0.324 e. The molecule has 1 aromatic rings. The van der Waals surface area contributed by atoms with Gasteiger partial charge in [-0.1, -0.05) is 44.7 Å². The van der Waals surface area contributed by atoms with E-state index in [-0.39, 0.29) is 0 Å². The molecule has 22 heavy (non-hydrogen) atoms. The number of rotatable bonds is 7. The van der Waals surface area contributed by atoms with E-state index in [0.717, 1.165) is 32.1 Å². The van der Waals surface area contributed by atoms with Gasteiger partial charge in [-0.25, -0.2) is 0 Å². The monoisotopic (exact) mass is 303 g/mol. The molecule has 0 bridgehead atoms. The Morgan fingerprint density at radius 1 is 1.14 bits per heavy atom. The van der Waals surface area contributed by atoms with E-state index < -0.39 is 23.6 Å². The lowest BCUT2D eigenvalue weighted by Gasteiger charge is -2.31. The first kappa shape index (κ1) is 16.2. The fraction of sp³-hybridized carbons (Fsp3) is 0.471. The standard InChI is InChI=1S/C17H21NO4/c1-2-3-4-5-8-11-18-13-10-7-6-9-12(13)15(19)14(16(18)20)17(21)22/h6-7,9-10,14H,2-5,8,11H2,1H3,(H,21,22). The van der Waals surface area contributed by atoms with E-state index in [4.69, 9.17) is 0 Å². The van der Waals surface area contributed by atoms with Gasteiger partial charge >= 0.3 is 5.97 Å². The van der Waals surface area contributed by atoms with Crippen LogP contribution in [0.1, 0.15) is 49.4 Å². The van der Waals surface area contributed by atoms with Crippen molar-refractivity contribution in [3.63, 3.8) is 0 Å². The molecule has 0 spiro atoms. The third-order valence-corrected chi connectivity index (χ3v) is 3.97. The van der Waals surface area contributed by atoms with Crippen molar-refractivity contribution in [2.75, 3.05) is 11.4 Å². The van der Waals surface area contributed by atoms with E-state index in [0.29, 0.717) is 17.8 Å². The molecule has 0 saturated carbocycles. The number of nitrogens with zero attached hydrogens (tertiary/aromatic N) is 1. The molecule has 1 atom stereocenters. The van der Waals surface area contributed by atoms with Crippen LogP contribution in [-0.4, -0.2) is 29.3 Å². The lowest BCUT2D eigenvalue weighted by molar-refractivity contribution is -0.144. The highest BCUT2D eigenvalue weighted by Gasteiger charge is 2.43. The summed E-state index contributed by atoms with van der Waals surface area (Å²) >= 11 is 0. The molecule has 1 aromatic carbocycles. The molecule has 1 aliphatic rings. The Labute approximate surface area is 129 Å². The Bertz CT molecular complexity index is 582. The molecule has 5 heteroatoms. The second-order valence-electron chi connectivity index (χ2n) is 5.56. The Morgan fingerprint density at radius 3 is 2.50 bits per heavy atom. The van der Waals surface area contributed by atoms with Crippen LogP contribution >= 0.6 is 0 Å². The zero-order valence-electron chi connectivity index (χ0n) is 12.7. The number of ketones is 1. The third-order valence-electron chi connectivity index (χ3n) is 3.97. The number of hydrogen-bond donors (Lipinski definition) is 1. The fourth-order valence-corrected chi connectivity index (χ4v) is 2.78. The quantitative estimate of drug-likeness (QED) is 0.621. The number of hydrogen-bond acceptors (Lipinski definition) is 3. The van der Waals surface area contributed by atoms with E-state index in [1.165, 1.54) is 4.90 Å². The maximum absolute atomic E-state index is 12.4. The summed E-state index contributed by atoms with van der Waals surface area (Å²) in [6.45, 7) is 2.59. The molecule has 118 valence electrons. The van der Waals surface area contributed by atoms with Crippen LogP contribution in [0.4, 0.5) is 5.69 Å². The van der Waals surface area contributed by atoms with E-state index in [2.05, 4.69) is 6.92 Å². The summed E-state index contributed by atoms with van der Waals surface area (Å²) in [4.78, 5) is 37.3. The number of fused-ring (bicyclic) bond motifs is 1. The van der Waals surface area contributed by atoms with Gasteiger partial charge < -0.3 is 10.0 Å². The number of Topliss-reactive ketones (excluding diaryl/α,β-unsaturated/α-hetero) is 1. The van der Waals surface area contributed by atoms with Crippen molar-refractivity contribution in [2.45, 2.75) is 39.0 Å². The normalized spacial score (nSPS) is 17.5. The number of amides is 1. The minimum Gasteiger partial charge on any atom is -0.480 e. The van der Waals surface area contributed by atoms with Crippen LogP contribution in [0.15, 0.2) is 24.3 Å². The molecular formula is C17H21NO4. The molecule has 0 saturated heterocycles. The molecule has 1 amide bonds. The van der Waals surface area contributed by atoms with Crippen LogP contribution in [0, 0.1) is 5.92 Å². The van der Waals surface area contributed by atoms with Crippen LogP contribution in [0.5, 0.6) is 0 Å². The number of aliphatic carboxylic acids is 1. The van der Waals surface area contributed by atoms with Crippen molar-refractivity contribution in [3.8, 4) is 0 Å². The first-order valence-corrected chi connectivity index (χ1v) is 7.75. The SMILES string of the molecule is CCCCCCCN1C(=O)C(C(=O)O)C(=O)c2ccccc21. The number of carboxylic acid groups (broad SMARTS) is 1. The van der Waals surface area contributed by atoms with Crippen molar-refractivity contribution < 1.29 is 19.5 Å². The molecule has 1 N–H and O–H groups in total. The maximum atomic E-state index is 12.4. The summed E-state index contributed by atoms with van der Waals surface area (Å²) in [5, 5.41) is 9.20. The summed E-state index contributed by atoms with van der Waals surface area (Å²) in [7, 11) is 0. The van der Waals surface area contributed by atoms with Crippen molar-refractivity contribution >= 4 is 23.3 Å². The van der Waals surface area contributed by atoms with E-state index in [1.54, 1.807) is 24.3 Å². The lowest BCUT2D eigenvalue weighted by atomic mass is 9.90. The number of carboxylic acids is 1. The van der Waals surface area contributed by atoms with Gasteiger partial charge in [0, 0.05) is 12.1 Å². The van der Waals surface area contributed by atoms with Crippen molar-refractivity contribution in [1.82, 2.24) is 0 Å². The molecule has 0 aliphatic carbocycles. The van der Waals surface area contributed by atoms with Gasteiger partial charge in [0.25, 0.3) is 0 Å². The van der Waals surface area contributed by atoms with Gasteiger partial charge in [-0.3, -0.25) is 14.4 Å². The van der Waals surface area contributed by atoms with E-state index >= 15 is 0 Å². The molecule has 0 aromatic heterocycles. The second kappa shape index (κ2) is 7.20. The van der Waals surface area contributed by atoms with E-state index in [1.807, 2.05) is 0 Å². The van der Waals surface area contributed by atoms with Crippen LogP contribution < -0.4 is 4.90 Å². The van der Waals surface area contributed by atoms with Gasteiger partial charge in [-0.15, -0.1) is 0 Å². The zero-order chi connectivity index (χ0) is 16.1. The summed E-state index contributed by atoms with van der Waals surface area (Å²) in [6, 6.07) is 6.73. The first-order valence-electron chi connectivity index (χ1n) is 7.75. The minimum absolute atomic E-state index is 0.322. The summed E-state index contributed by atoms with van der Waals surface area (Å²) in [6.07, 6.45) is 5.19. The number of anilines is 1. The Kier molecular flexibility index (Phi) is 5.31. The minimum atomic E-state index is -1.61. The molecule has 2 rings (SSSR count). The summed E-state index contributed by atoms with van der Waals surface area (Å²) in [5.74, 6) is -4.21. The topological polar surface area (TPSA) is 74.7 Å². The fourth-order valence-electron chi connectivity index (χ4n) is 2.78. The predicted molar refractivity (Wildman–Crippen MR) is 83.0 cm³/mol. The molecule has 1 aliphatic heterocycles. The average Bonchev–Trinajstić information content (AvgIpc) is 2.49. The Balaban J connectivity index is 2.20. The molecule has 1 heterocycles. The highest BCUT2D eigenvalue weighted by molar-refractivity contribution is 6.30. The number of benzene rings is 1. The zero-order valence-corrected chi connectivity index (χ0v) is 12.7. The first-order chi connectivity index (χ1) is 10.6. The largest absolute Gasteiger partial charge is 0.480 e. The molecule has 0 fully saturated rings.